The number of aromatic amines is 1. The van der Waals surface area contributed by atoms with E-state index in [4.69, 9.17) is 5.73 Å². The van der Waals surface area contributed by atoms with E-state index in [0.29, 0.717) is 17.4 Å². The minimum Gasteiger partial charge on any atom is -0.397 e. The molecule has 1 unspecified atom stereocenters. The molecule has 2 heterocycles. The summed E-state index contributed by atoms with van der Waals surface area (Å²) >= 11 is 0. The molecule has 4 heteroatoms. The Labute approximate surface area is 125 Å². The fraction of sp³-hybridized carbons (Fsp3) is 0.471. The molecule has 1 aromatic heterocycles. The molecule has 0 spiro atoms. The number of H-pyrrole nitrogens is 1. The molecule has 1 aliphatic heterocycles. The predicted molar refractivity (Wildman–Crippen MR) is 86.3 cm³/mol. The summed E-state index contributed by atoms with van der Waals surface area (Å²) in [6, 6.07) is 8.07. The highest BCUT2D eigenvalue weighted by atomic mass is 16.2. The molecule has 1 fully saturated rings. The van der Waals surface area contributed by atoms with E-state index >= 15 is 0 Å². The van der Waals surface area contributed by atoms with Gasteiger partial charge in [-0.1, -0.05) is 25.5 Å². The van der Waals surface area contributed by atoms with E-state index in [0.717, 1.165) is 43.1 Å². The Morgan fingerprint density at radius 1 is 1.43 bits per heavy atom. The number of rotatable bonds is 3. The quantitative estimate of drug-likeness (QED) is 0.847. The second-order valence-corrected chi connectivity index (χ2v) is 5.93. The Hall–Kier alpha value is -1.97. The molecule has 4 nitrogen and oxygen atoms in total. The van der Waals surface area contributed by atoms with Gasteiger partial charge < -0.3 is 15.6 Å². The van der Waals surface area contributed by atoms with Gasteiger partial charge in [0.05, 0.1) is 11.2 Å². The van der Waals surface area contributed by atoms with Gasteiger partial charge >= 0.3 is 0 Å². The highest BCUT2D eigenvalue weighted by molar-refractivity contribution is 6.01. The molecule has 1 aromatic carbocycles. The zero-order valence-electron chi connectivity index (χ0n) is 12.6. The Kier molecular flexibility index (Phi) is 3.86. The number of aromatic nitrogens is 1. The third-order valence-electron chi connectivity index (χ3n) is 4.43. The molecule has 1 aliphatic rings. The maximum absolute atomic E-state index is 12.8. The fourth-order valence-corrected chi connectivity index (χ4v) is 3.35. The van der Waals surface area contributed by atoms with Gasteiger partial charge in [0.2, 0.25) is 0 Å². The van der Waals surface area contributed by atoms with Crippen molar-refractivity contribution in [1.82, 2.24) is 9.88 Å². The van der Waals surface area contributed by atoms with E-state index in [1.165, 1.54) is 6.42 Å². The largest absolute Gasteiger partial charge is 0.397 e. The van der Waals surface area contributed by atoms with Crippen LogP contribution in [0.5, 0.6) is 0 Å². The van der Waals surface area contributed by atoms with Crippen LogP contribution in [0.15, 0.2) is 24.3 Å². The zero-order valence-corrected chi connectivity index (χ0v) is 12.6. The van der Waals surface area contributed by atoms with Crippen LogP contribution in [0, 0.1) is 0 Å². The van der Waals surface area contributed by atoms with Crippen LogP contribution in [0.3, 0.4) is 0 Å². The highest BCUT2D eigenvalue weighted by Crippen LogP contribution is 2.26. The molecule has 0 aliphatic carbocycles. The number of nitrogens with two attached hydrogens (primary N) is 1. The Balaban J connectivity index is 1.90. The van der Waals surface area contributed by atoms with Crippen LogP contribution in [0.25, 0.3) is 10.9 Å². The summed E-state index contributed by atoms with van der Waals surface area (Å²) in [7, 11) is 0. The average molecular weight is 285 g/mol. The molecule has 1 atom stereocenters. The maximum Gasteiger partial charge on any atom is 0.270 e. The number of piperidine rings is 1. The first-order valence-corrected chi connectivity index (χ1v) is 7.89. The molecule has 1 amide bonds. The first kappa shape index (κ1) is 14.0. The Bertz CT molecular complexity index is 645. The van der Waals surface area contributed by atoms with Crippen molar-refractivity contribution in [3.63, 3.8) is 0 Å². The molecular weight excluding hydrogens is 262 g/mol. The van der Waals surface area contributed by atoms with Gasteiger partial charge in [0.1, 0.15) is 5.69 Å². The van der Waals surface area contributed by atoms with E-state index in [2.05, 4.69) is 11.9 Å². The van der Waals surface area contributed by atoms with E-state index in [9.17, 15) is 4.79 Å². The van der Waals surface area contributed by atoms with Crippen molar-refractivity contribution in [2.45, 2.75) is 45.1 Å². The van der Waals surface area contributed by atoms with Gasteiger partial charge in [-0.05, 0) is 37.8 Å². The lowest BCUT2D eigenvalue weighted by Crippen LogP contribution is -2.43. The lowest BCUT2D eigenvalue weighted by atomic mass is 9.98. The van der Waals surface area contributed by atoms with Crippen LogP contribution in [0.2, 0.25) is 0 Å². The third kappa shape index (κ3) is 2.62. The molecule has 3 rings (SSSR count). The number of fused-ring (bicyclic) bond motifs is 1. The smallest absolute Gasteiger partial charge is 0.270 e. The van der Waals surface area contributed by atoms with Crippen LogP contribution in [0.4, 0.5) is 5.69 Å². The number of carbonyl (C=O) groups is 1. The number of anilines is 1. The fourth-order valence-electron chi connectivity index (χ4n) is 3.35. The summed E-state index contributed by atoms with van der Waals surface area (Å²) in [5.41, 5.74) is 8.18. The number of amides is 1. The van der Waals surface area contributed by atoms with Crippen molar-refractivity contribution >= 4 is 22.5 Å². The molecule has 21 heavy (non-hydrogen) atoms. The highest BCUT2D eigenvalue weighted by Gasteiger charge is 2.27. The Morgan fingerprint density at radius 3 is 3.05 bits per heavy atom. The van der Waals surface area contributed by atoms with Crippen molar-refractivity contribution in [2.24, 2.45) is 0 Å². The van der Waals surface area contributed by atoms with Gasteiger partial charge in [-0.2, -0.15) is 0 Å². The number of carbonyl (C=O) groups excluding carboxylic acids is 1. The molecule has 2 aromatic rings. The number of benzene rings is 1. The number of para-hydroxylation sites is 1. The third-order valence-corrected chi connectivity index (χ3v) is 4.43. The first-order chi connectivity index (χ1) is 10.2. The van der Waals surface area contributed by atoms with Crippen molar-refractivity contribution in [3.05, 3.63) is 30.0 Å². The molecule has 112 valence electrons. The molecule has 1 saturated heterocycles. The van der Waals surface area contributed by atoms with Gasteiger partial charge in [-0.15, -0.1) is 0 Å². The minimum absolute atomic E-state index is 0.115. The van der Waals surface area contributed by atoms with E-state index in [1.54, 1.807) is 0 Å². The van der Waals surface area contributed by atoms with Crippen molar-refractivity contribution in [1.29, 1.82) is 0 Å². The monoisotopic (exact) mass is 285 g/mol. The van der Waals surface area contributed by atoms with Gasteiger partial charge in [0.15, 0.2) is 0 Å². The van der Waals surface area contributed by atoms with Crippen LogP contribution < -0.4 is 5.73 Å². The zero-order chi connectivity index (χ0) is 14.8. The lowest BCUT2D eigenvalue weighted by molar-refractivity contribution is 0.0595. The summed E-state index contributed by atoms with van der Waals surface area (Å²) in [5.74, 6) is 0.115. The Morgan fingerprint density at radius 2 is 2.29 bits per heavy atom. The van der Waals surface area contributed by atoms with E-state index < -0.39 is 0 Å². The van der Waals surface area contributed by atoms with Crippen molar-refractivity contribution < 1.29 is 4.79 Å². The van der Waals surface area contributed by atoms with E-state index in [-0.39, 0.29) is 5.91 Å². The van der Waals surface area contributed by atoms with Crippen LogP contribution in [-0.4, -0.2) is 28.4 Å². The summed E-state index contributed by atoms with van der Waals surface area (Å²) < 4.78 is 0. The number of nitrogens with zero attached hydrogens (tertiary/aromatic N) is 1. The summed E-state index contributed by atoms with van der Waals surface area (Å²) in [5, 5.41) is 1.00. The minimum atomic E-state index is 0.115. The maximum atomic E-state index is 12.8. The lowest BCUT2D eigenvalue weighted by Gasteiger charge is -2.35. The summed E-state index contributed by atoms with van der Waals surface area (Å²) in [6.45, 7) is 3.05. The van der Waals surface area contributed by atoms with Crippen molar-refractivity contribution in [2.75, 3.05) is 12.3 Å². The number of nitrogen functional groups attached to an aromatic ring is 1. The van der Waals surface area contributed by atoms with E-state index in [1.807, 2.05) is 29.2 Å². The topological polar surface area (TPSA) is 62.1 Å². The number of hydrogen-bond donors (Lipinski definition) is 2. The van der Waals surface area contributed by atoms with Gasteiger partial charge in [0, 0.05) is 18.0 Å². The summed E-state index contributed by atoms with van der Waals surface area (Å²) in [6.07, 6.45) is 5.67. The summed E-state index contributed by atoms with van der Waals surface area (Å²) in [4.78, 5) is 18.1. The number of likely N-dealkylation sites (tertiary alicyclic amines) is 1. The number of nitrogens with one attached hydrogen (secondary N) is 1. The standard InChI is InChI=1S/C17H23N3O/c1-2-6-13-8-3-4-10-20(13)17(21)15-11-12-7-5-9-14(18)16(12)19-15/h5,7,9,11,13,19H,2-4,6,8,10,18H2,1H3. The molecule has 0 saturated carbocycles. The van der Waals surface area contributed by atoms with Gasteiger partial charge in [-0.25, -0.2) is 0 Å². The normalized spacial score (nSPS) is 19.1. The second-order valence-electron chi connectivity index (χ2n) is 5.93. The SMILES string of the molecule is CCCC1CCCCN1C(=O)c1cc2cccc(N)c2[nH]1. The van der Waals surface area contributed by atoms with Crippen LogP contribution >= 0.6 is 0 Å². The predicted octanol–water partition coefficient (Wildman–Crippen LogP) is 3.54. The molecular formula is C17H23N3O. The number of hydrogen-bond acceptors (Lipinski definition) is 2. The van der Waals surface area contributed by atoms with Gasteiger partial charge in [-0.3, -0.25) is 4.79 Å². The van der Waals surface area contributed by atoms with Crippen molar-refractivity contribution in [3.8, 4) is 0 Å². The van der Waals surface area contributed by atoms with Gasteiger partial charge in [0.25, 0.3) is 5.91 Å². The van der Waals surface area contributed by atoms with Crippen LogP contribution in [-0.2, 0) is 0 Å². The molecule has 0 bridgehead atoms. The first-order valence-electron chi connectivity index (χ1n) is 7.89. The molecule has 0 radical (unpaired) electrons. The second kappa shape index (κ2) is 5.80. The van der Waals surface area contributed by atoms with Crippen LogP contribution in [0.1, 0.15) is 49.5 Å². The average Bonchev–Trinajstić information content (AvgIpc) is 2.93. The molecule has 3 N–H and O–H groups in total.